The number of carbonyl (C=O) groups is 1. The molecule has 1 rings (SSSR count). The van der Waals surface area contributed by atoms with Crippen LogP contribution in [0.5, 0.6) is 11.5 Å². The van der Waals surface area contributed by atoms with Crippen LogP contribution in [-0.2, 0) is 15.6 Å². The quantitative estimate of drug-likeness (QED) is 0.599. The van der Waals surface area contributed by atoms with Gasteiger partial charge in [-0.15, -0.1) is 0 Å². The van der Waals surface area contributed by atoms with Crippen LogP contribution in [-0.4, -0.2) is 24.3 Å². The highest BCUT2D eigenvalue weighted by Crippen LogP contribution is 2.42. The number of hydrogen-bond donors (Lipinski definition) is 1. The van der Waals surface area contributed by atoms with E-state index < -0.39 is 18.0 Å². The van der Waals surface area contributed by atoms with Gasteiger partial charge < -0.3 is 14.6 Å². The lowest BCUT2D eigenvalue weighted by Crippen LogP contribution is -2.34. The third-order valence-electron chi connectivity index (χ3n) is 4.68. The molecule has 1 aromatic carbocycles. The van der Waals surface area contributed by atoms with Gasteiger partial charge in [-0.3, -0.25) is 4.79 Å². The first-order chi connectivity index (χ1) is 11.7. The fourth-order valence-corrected chi connectivity index (χ4v) is 2.85. The van der Waals surface area contributed by atoms with Crippen LogP contribution in [0.4, 0.5) is 0 Å². The lowest BCUT2D eigenvalue weighted by molar-refractivity contribution is -0.143. The molecule has 0 heterocycles. The van der Waals surface area contributed by atoms with E-state index in [1.54, 1.807) is 14.0 Å². The predicted octanol–water partition coefficient (Wildman–Crippen LogP) is 4.85. The van der Waals surface area contributed by atoms with Crippen LogP contribution in [0, 0.1) is 11.8 Å². The van der Waals surface area contributed by atoms with Gasteiger partial charge in [-0.05, 0) is 35.8 Å². The van der Waals surface area contributed by atoms with Gasteiger partial charge in [-0.1, -0.05) is 55.4 Å². The van der Waals surface area contributed by atoms with Crippen molar-refractivity contribution >= 4 is 5.97 Å². The van der Waals surface area contributed by atoms with Gasteiger partial charge in [0.15, 0.2) is 0 Å². The summed E-state index contributed by atoms with van der Waals surface area (Å²) >= 11 is 0. The largest absolute Gasteiger partial charge is 0.497 e. The minimum atomic E-state index is -0.739. The fourth-order valence-electron chi connectivity index (χ4n) is 2.85. The molecular weight excluding hydrogens is 328 g/mol. The van der Waals surface area contributed by atoms with E-state index in [1.807, 2.05) is 26.0 Å². The maximum atomic E-state index is 12.8. The van der Waals surface area contributed by atoms with Gasteiger partial charge in [0, 0.05) is 11.1 Å². The molecular formula is C22H36O4. The minimum absolute atomic E-state index is 0.0161. The van der Waals surface area contributed by atoms with E-state index in [1.165, 1.54) is 0 Å². The number of aliphatic hydroxyl groups excluding tert-OH is 1. The first kappa shape index (κ1) is 22.5. The van der Waals surface area contributed by atoms with Gasteiger partial charge in [0.05, 0.1) is 19.1 Å². The van der Waals surface area contributed by atoms with E-state index in [0.717, 1.165) is 16.9 Å². The third-order valence-corrected chi connectivity index (χ3v) is 4.68. The maximum absolute atomic E-state index is 12.8. The molecule has 4 nitrogen and oxygen atoms in total. The van der Waals surface area contributed by atoms with E-state index in [-0.39, 0.29) is 16.7 Å². The zero-order valence-corrected chi connectivity index (χ0v) is 18.1. The first-order valence-electron chi connectivity index (χ1n) is 9.33. The Balaban J connectivity index is 3.50. The first-order valence-corrected chi connectivity index (χ1v) is 9.33. The van der Waals surface area contributed by atoms with Crippen molar-refractivity contribution in [2.75, 3.05) is 7.11 Å². The normalized spacial score (nSPS) is 14.9. The highest BCUT2D eigenvalue weighted by Gasteiger charge is 2.32. The van der Waals surface area contributed by atoms with Crippen LogP contribution in [0.1, 0.15) is 73.4 Å². The Bertz CT molecular complexity index is 598. The van der Waals surface area contributed by atoms with Crippen molar-refractivity contribution in [1.29, 1.82) is 0 Å². The number of benzene rings is 1. The van der Waals surface area contributed by atoms with E-state index in [9.17, 15) is 9.90 Å². The molecule has 0 spiro atoms. The fraction of sp³-hybridized carbons (Fsp3) is 0.682. The summed E-state index contributed by atoms with van der Waals surface area (Å²) in [6, 6.07) is 3.86. The summed E-state index contributed by atoms with van der Waals surface area (Å²) in [5, 5.41) is 10.3. The third kappa shape index (κ3) is 5.23. The summed E-state index contributed by atoms with van der Waals surface area (Å²) in [5.74, 6) is 0.302. The minimum Gasteiger partial charge on any atom is -0.497 e. The van der Waals surface area contributed by atoms with Gasteiger partial charge in [-0.25, -0.2) is 0 Å². The number of aliphatic hydroxyl groups is 1. The molecule has 0 aromatic heterocycles. The smallest absolute Gasteiger partial charge is 0.316 e. The summed E-state index contributed by atoms with van der Waals surface area (Å²) in [7, 11) is 1.64. The number of methoxy groups -OCH3 is 1. The second-order valence-electron chi connectivity index (χ2n) is 9.50. The zero-order valence-electron chi connectivity index (χ0n) is 18.1. The summed E-state index contributed by atoms with van der Waals surface area (Å²) in [6.45, 7) is 18.0. The molecule has 0 bridgehead atoms. The Labute approximate surface area is 158 Å². The van der Waals surface area contributed by atoms with Crippen LogP contribution < -0.4 is 9.47 Å². The molecule has 0 amide bonds. The maximum Gasteiger partial charge on any atom is 0.316 e. The molecule has 1 N–H and O–H groups in total. The number of ether oxygens (including phenoxy) is 2. The average molecular weight is 365 g/mol. The van der Waals surface area contributed by atoms with Gasteiger partial charge in [-0.2, -0.15) is 0 Å². The summed E-state index contributed by atoms with van der Waals surface area (Å²) in [6.07, 6.45) is -0.739. The highest BCUT2D eigenvalue weighted by atomic mass is 16.5. The average Bonchev–Trinajstić information content (AvgIpc) is 2.50. The van der Waals surface area contributed by atoms with Crippen LogP contribution in [0.15, 0.2) is 12.1 Å². The summed E-state index contributed by atoms with van der Waals surface area (Å²) in [4.78, 5) is 12.8. The van der Waals surface area contributed by atoms with Gasteiger partial charge in [0.2, 0.25) is 0 Å². The molecule has 2 atom stereocenters. The van der Waals surface area contributed by atoms with Crippen LogP contribution in [0.25, 0.3) is 0 Å². The number of esters is 1. The Morgan fingerprint density at radius 2 is 1.38 bits per heavy atom. The molecule has 0 radical (unpaired) electrons. The Morgan fingerprint density at radius 3 is 1.69 bits per heavy atom. The number of carbonyl (C=O) groups excluding carboxylic acids is 1. The molecule has 0 aliphatic rings. The van der Waals surface area contributed by atoms with Gasteiger partial charge >= 0.3 is 5.97 Å². The van der Waals surface area contributed by atoms with Crippen LogP contribution in [0.2, 0.25) is 0 Å². The van der Waals surface area contributed by atoms with Gasteiger partial charge in [0.1, 0.15) is 11.5 Å². The topological polar surface area (TPSA) is 55.8 Å². The van der Waals surface area contributed by atoms with Crippen molar-refractivity contribution in [1.82, 2.24) is 0 Å². The predicted molar refractivity (Wildman–Crippen MR) is 106 cm³/mol. The second kappa shape index (κ2) is 7.99. The van der Waals surface area contributed by atoms with Crippen molar-refractivity contribution in [3.05, 3.63) is 23.3 Å². The number of rotatable bonds is 5. The van der Waals surface area contributed by atoms with Crippen molar-refractivity contribution in [3.8, 4) is 11.5 Å². The zero-order chi connectivity index (χ0) is 20.4. The van der Waals surface area contributed by atoms with Gasteiger partial charge in [0.25, 0.3) is 0 Å². The summed E-state index contributed by atoms with van der Waals surface area (Å²) in [5.41, 5.74) is 1.37. The van der Waals surface area contributed by atoms with E-state index >= 15 is 0 Å². The molecule has 1 aromatic rings. The molecule has 0 aliphatic heterocycles. The lowest BCUT2D eigenvalue weighted by atomic mass is 9.79. The molecule has 0 saturated carbocycles. The highest BCUT2D eigenvalue weighted by molar-refractivity contribution is 5.77. The van der Waals surface area contributed by atoms with Crippen LogP contribution >= 0.6 is 0 Å². The van der Waals surface area contributed by atoms with Crippen LogP contribution in [0.3, 0.4) is 0 Å². The van der Waals surface area contributed by atoms with Crippen molar-refractivity contribution < 1.29 is 19.4 Å². The molecule has 26 heavy (non-hydrogen) atoms. The second-order valence-corrected chi connectivity index (χ2v) is 9.50. The Hall–Kier alpha value is -1.55. The molecule has 4 heteroatoms. The molecule has 0 fully saturated rings. The number of hydrogen-bond acceptors (Lipinski definition) is 4. The Kier molecular flexibility index (Phi) is 6.92. The summed E-state index contributed by atoms with van der Waals surface area (Å²) < 4.78 is 11.4. The molecule has 0 saturated heterocycles. The van der Waals surface area contributed by atoms with E-state index in [4.69, 9.17) is 9.47 Å². The standard InChI is InChI=1S/C22H36O4/c1-13(2)18(23)14(3)20(24)26-19-16(21(4,5)6)11-15(25-10)12-17(19)22(7,8)9/h11-14,18,23H,1-10H3/t14-,18+/m0/s1. The lowest BCUT2D eigenvalue weighted by Gasteiger charge is -2.30. The monoisotopic (exact) mass is 364 g/mol. The molecule has 148 valence electrons. The van der Waals surface area contributed by atoms with E-state index in [0.29, 0.717) is 5.75 Å². The van der Waals surface area contributed by atoms with Crippen molar-refractivity contribution in [2.24, 2.45) is 11.8 Å². The molecule has 0 aliphatic carbocycles. The van der Waals surface area contributed by atoms with Crippen molar-refractivity contribution in [2.45, 2.75) is 79.2 Å². The Morgan fingerprint density at radius 1 is 0.962 bits per heavy atom. The SMILES string of the molecule is COc1cc(C(C)(C)C)c(OC(=O)[C@@H](C)[C@H](O)C(C)C)c(C(C)(C)C)c1. The van der Waals surface area contributed by atoms with Crippen molar-refractivity contribution in [3.63, 3.8) is 0 Å². The van der Waals surface area contributed by atoms with E-state index in [2.05, 4.69) is 41.5 Å². The molecule has 0 unspecified atom stereocenters.